The summed E-state index contributed by atoms with van der Waals surface area (Å²) in [5, 5.41) is 9.54. The number of hydrogen-bond donors (Lipinski definition) is 0. The normalized spacial score (nSPS) is 14.0. The standard InChI is InChI=1S/C21H24N4O2S/c1-15-7-8-17(12-16(15)2)19(26)14-28-21-23-22-20(24-9-3-4-10-24)25(21)13-18-6-5-11-27-18/h5-8,11-12H,3-4,9-10,13-14H2,1-2H3. The first-order chi connectivity index (χ1) is 13.6. The summed E-state index contributed by atoms with van der Waals surface area (Å²) in [6.45, 7) is 6.62. The topological polar surface area (TPSA) is 64.2 Å². The molecule has 0 amide bonds. The van der Waals surface area contributed by atoms with E-state index < -0.39 is 0 Å². The summed E-state index contributed by atoms with van der Waals surface area (Å²) < 4.78 is 7.59. The zero-order valence-corrected chi connectivity index (χ0v) is 17.0. The largest absolute Gasteiger partial charge is 0.467 e. The fourth-order valence-corrected chi connectivity index (χ4v) is 4.19. The van der Waals surface area contributed by atoms with Crippen LogP contribution in [0, 0.1) is 13.8 Å². The molecule has 0 aliphatic carbocycles. The first kappa shape index (κ1) is 18.8. The van der Waals surface area contributed by atoms with Crippen LogP contribution in [0.3, 0.4) is 0 Å². The Bertz CT molecular complexity index is 959. The number of thioether (sulfide) groups is 1. The third kappa shape index (κ3) is 3.99. The molecule has 0 bridgehead atoms. The van der Waals surface area contributed by atoms with Gasteiger partial charge >= 0.3 is 0 Å². The van der Waals surface area contributed by atoms with E-state index in [4.69, 9.17) is 4.42 Å². The van der Waals surface area contributed by atoms with Gasteiger partial charge in [0, 0.05) is 18.7 Å². The minimum absolute atomic E-state index is 0.100. The van der Waals surface area contributed by atoms with Crippen molar-refractivity contribution >= 4 is 23.5 Å². The Labute approximate surface area is 168 Å². The lowest BCUT2D eigenvalue weighted by molar-refractivity contribution is 0.102. The minimum Gasteiger partial charge on any atom is -0.467 e. The number of nitrogens with zero attached hydrogens (tertiary/aromatic N) is 4. The summed E-state index contributed by atoms with van der Waals surface area (Å²) in [6.07, 6.45) is 4.01. The molecular formula is C21H24N4O2S. The molecule has 28 heavy (non-hydrogen) atoms. The zero-order chi connectivity index (χ0) is 19.5. The van der Waals surface area contributed by atoms with Crippen LogP contribution in [-0.2, 0) is 6.54 Å². The Kier molecular flexibility index (Phi) is 5.52. The molecule has 1 fully saturated rings. The number of furan rings is 1. The molecule has 0 atom stereocenters. The van der Waals surface area contributed by atoms with Crippen LogP contribution in [0.4, 0.5) is 5.95 Å². The van der Waals surface area contributed by atoms with Gasteiger partial charge in [0.1, 0.15) is 5.76 Å². The Hall–Kier alpha value is -2.54. The Morgan fingerprint density at radius 1 is 1.14 bits per heavy atom. The number of ketones is 1. The summed E-state index contributed by atoms with van der Waals surface area (Å²) in [7, 11) is 0. The van der Waals surface area contributed by atoms with Crippen LogP contribution in [0.2, 0.25) is 0 Å². The maximum atomic E-state index is 12.7. The molecule has 0 unspecified atom stereocenters. The van der Waals surface area contributed by atoms with Gasteiger partial charge in [-0.2, -0.15) is 0 Å². The quantitative estimate of drug-likeness (QED) is 0.442. The average molecular weight is 397 g/mol. The third-order valence-corrected chi connectivity index (χ3v) is 6.11. The van der Waals surface area contributed by atoms with Crippen molar-refractivity contribution in [3.63, 3.8) is 0 Å². The van der Waals surface area contributed by atoms with Gasteiger partial charge in [0.05, 0.1) is 18.6 Å². The van der Waals surface area contributed by atoms with Crippen molar-refractivity contribution in [3.8, 4) is 0 Å². The second-order valence-electron chi connectivity index (χ2n) is 7.15. The van der Waals surface area contributed by atoms with Gasteiger partial charge in [0.25, 0.3) is 0 Å². The molecule has 1 aromatic carbocycles. The third-order valence-electron chi connectivity index (χ3n) is 5.14. The van der Waals surface area contributed by atoms with Gasteiger partial charge in [-0.15, -0.1) is 10.2 Å². The SMILES string of the molecule is Cc1ccc(C(=O)CSc2nnc(N3CCCC3)n2Cc2ccco2)cc1C. The average Bonchev–Trinajstić information content (AvgIpc) is 3.44. The molecule has 1 aliphatic rings. The Morgan fingerprint density at radius 3 is 2.68 bits per heavy atom. The number of aromatic nitrogens is 3. The van der Waals surface area contributed by atoms with E-state index in [1.54, 1.807) is 6.26 Å². The lowest BCUT2D eigenvalue weighted by Gasteiger charge is -2.17. The highest BCUT2D eigenvalue weighted by Crippen LogP contribution is 2.26. The van der Waals surface area contributed by atoms with Crippen molar-refractivity contribution in [1.82, 2.24) is 14.8 Å². The number of anilines is 1. The maximum absolute atomic E-state index is 12.7. The van der Waals surface area contributed by atoms with Gasteiger partial charge in [-0.05, 0) is 56.0 Å². The van der Waals surface area contributed by atoms with Gasteiger partial charge in [-0.25, -0.2) is 0 Å². The van der Waals surface area contributed by atoms with Crippen LogP contribution in [0.5, 0.6) is 0 Å². The lowest BCUT2D eigenvalue weighted by Crippen LogP contribution is -2.22. The van der Waals surface area contributed by atoms with Gasteiger partial charge in [-0.3, -0.25) is 9.36 Å². The van der Waals surface area contributed by atoms with Crippen LogP contribution in [0.1, 0.15) is 40.1 Å². The number of Topliss-reactive ketones (excluding diaryl/α,β-unsaturated/α-hetero) is 1. The van der Waals surface area contributed by atoms with Crippen molar-refractivity contribution in [2.24, 2.45) is 0 Å². The summed E-state index contributed by atoms with van der Waals surface area (Å²) in [4.78, 5) is 14.9. The summed E-state index contributed by atoms with van der Waals surface area (Å²) in [6, 6.07) is 9.68. The van der Waals surface area contributed by atoms with E-state index in [-0.39, 0.29) is 5.78 Å². The van der Waals surface area contributed by atoms with Crippen molar-refractivity contribution in [2.45, 2.75) is 38.4 Å². The molecule has 0 saturated carbocycles. The van der Waals surface area contributed by atoms with Gasteiger partial charge < -0.3 is 9.32 Å². The molecule has 7 heteroatoms. The van der Waals surface area contributed by atoms with Crippen molar-refractivity contribution < 1.29 is 9.21 Å². The van der Waals surface area contributed by atoms with E-state index in [2.05, 4.69) is 26.6 Å². The maximum Gasteiger partial charge on any atom is 0.228 e. The molecule has 1 saturated heterocycles. The van der Waals surface area contributed by atoms with Crippen LogP contribution in [-0.4, -0.2) is 39.4 Å². The molecule has 146 valence electrons. The summed E-state index contributed by atoms with van der Waals surface area (Å²) in [5.74, 6) is 2.14. The first-order valence-electron chi connectivity index (χ1n) is 9.55. The van der Waals surface area contributed by atoms with Crippen LogP contribution < -0.4 is 4.90 Å². The number of benzene rings is 1. The number of rotatable bonds is 7. The number of carbonyl (C=O) groups is 1. The fraction of sp³-hybridized carbons (Fsp3) is 0.381. The van der Waals surface area contributed by atoms with Gasteiger partial charge in [-0.1, -0.05) is 23.9 Å². The Morgan fingerprint density at radius 2 is 1.96 bits per heavy atom. The Balaban J connectivity index is 1.53. The van der Waals surface area contributed by atoms with E-state index in [9.17, 15) is 4.79 Å². The zero-order valence-electron chi connectivity index (χ0n) is 16.2. The molecule has 2 aromatic heterocycles. The highest BCUT2D eigenvalue weighted by atomic mass is 32.2. The van der Waals surface area contributed by atoms with Crippen LogP contribution in [0.15, 0.2) is 46.2 Å². The van der Waals surface area contributed by atoms with Gasteiger partial charge in [0.2, 0.25) is 5.95 Å². The number of hydrogen-bond acceptors (Lipinski definition) is 6. The van der Waals surface area contributed by atoms with E-state index in [1.165, 1.54) is 30.2 Å². The van der Waals surface area contributed by atoms with Gasteiger partial charge in [0.15, 0.2) is 10.9 Å². The lowest BCUT2D eigenvalue weighted by atomic mass is 10.0. The first-order valence-corrected chi connectivity index (χ1v) is 10.5. The van der Waals surface area contributed by atoms with Crippen LogP contribution >= 0.6 is 11.8 Å². The van der Waals surface area contributed by atoms with Crippen molar-refractivity contribution in [3.05, 3.63) is 59.0 Å². The predicted octanol–water partition coefficient (Wildman–Crippen LogP) is 4.11. The van der Waals surface area contributed by atoms with E-state index in [1.807, 2.05) is 37.3 Å². The number of aryl methyl sites for hydroxylation is 2. The van der Waals surface area contributed by atoms with Crippen LogP contribution in [0.25, 0.3) is 0 Å². The van der Waals surface area contributed by atoms with Crippen molar-refractivity contribution in [2.75, 3.05) is 23.7 Å². The highest BCUT2D eigenvalue weighted by molar-refractivity contribution is 7.99. The van der Waals surface area contributed by atoms with E-state index in [0.29, 0.717) is 12.3 Å². The smallest absolute Gasteiger partial charge is 0.228 e. The fourth-order valence-electron chi connectivity index (χ4n) is 3.36. The molecule has 0 spiro atoms. The molecule has 0 radical (unpaired) electrons. The summed E-state index contributed by atoms with van der Waals surface area (Å²) in [5.41, 5.74) is 3.07. The molecule has 4 rings (SSSR count). The van der Waals surface area contributed by atoms with E-state index >= 15 is 0 Å². The molecule has 0 N–H and O–H groups in total. The molecule has 1 aliphatic heterocycles. The predicted molar refractivity (Wildman–Crippen MR) is 110 cm³/mol. The second-order valence-corrected chi connectivity index (χ2v) is 8.10. The highest BCUT2D eigenvalue weighted by Gasteiger charge is 2.22. The number of carbonyl (C=O) groups excluding carboxylic acids is 1. The molecular weight excluding hydrogens is 372 g/mol. The van der Waals surface area contributed by atoms with E-state index in [0.717, 1.165) is 41.1 Å². The molecule has 3 aromatic rings. The van der Waals surface area contributed by atoms with Crippen molar-refractivity contribution in [1.29, 1.82) is 0 Å². The molecule has 6 nitrogen and oxygen atoms in total. The summed E-state index contributed by atoms with van der Waals surface area (Å²) >= 11 is 1.43. The second kappa shape index (κ2) is 8.22. The monoisotopic (exact) mass is 396 g/mol. The molecule has 3 heterocycles. The minimum atomic E-state index is 0.100.